The van der Waals surface area contributed by atoms with Crippen LogP contribution in [0.2, 0.25) is 0 Å². The number of carbonyl (C=O) groups excluding carboxylic acids is 3. The van der Waals surface area contributed by atoms with Gasteiger partial charge in [-0.2, -0.15) is 5.06 Å². The Morgan fingerprint density at radius 2 is 2.05 bits per heavy atom. The highest BCUT2D eigenvalue weighted by Crippen LogP contribution is 2.72. The van der Waals surface area contributed by atoms with Crippen molar-refractivity contribution in [3.63, 3.8) is 0 Å². The van der Waals surface area contributed by atoms with Crippen molar-refractivity contribution in [1.29, 1.82) is 0 Å². The molecule has 3 heterocycles. The Hall–Kier alpha value is -2.34. The summed E-state index contributed by atoms with van der Waals surface area (Å²) in [4.78, 5) is 45.3. The summed E-state index contributed by atoms with van der Waals surface area (Å²) in [5.41, 5.74) is -6.08. The van der Waals surface area contributed by atoms with Gasteiger partial charge in [0.2, 0.25) is 0 Å². The Labute approximate surface area is 246 Å². The fraction of sp³-hybridized carbons (Fsp3) is 0.645. The standard InChI is InChI=1S/C31H35F2NO7S/c1-28-7-5-18(35)11-22(28)23(32)12-21-20-10-17-14-34(15-19-4-3-8-39-19)41-31(17,29(20,2)13-25(36)30(21,28)33)26(37)16-42-24-6-9-40-27(24)38/h3-5,7-8,11,17,20-21,23-25,36H,6,9-10,12-16H2,1-2H3/t17-,20-,21-,23-,24?,25-,28-,29-,30-,31-/m0/s1. The van der Waals surface area contributed by atoms with Crippen LogP contribution in [0.15, 0.2) is 46.6 Å². The number of allylic oxidation sites excluding steroid dienone is 4. The van der Waals surface area contributed by atoms with Gasteiger partial charge in [0.25, 0.3) is 0 Å². The largest absolute Gasteiger partial charge is 0.468 e. The number of hydroxylamine groups is 2. The first-order chi connectivity index (χ1) is 19.9. The van der Waals surface area contributed by atoms with E-state index >= 15 is 8.78 Å². The van der Waals surface area contributed by atoms with E-state index in [2.05, 4.69) is 0 Å². The minimum Gasteiger partial charge on any atom is -0.468 e. The lowest BCUT2D eigenvalue weighted by Gasteiger charge is -2.63. The van der Waals surface area contributed by atoms with Gasteiger partial charge in [0.15, 0.2) is 22.8 Å². The summed E-state index contributed by atoms with van der Waals surface area (Å²) in [5, 5.41) is 13.0. The fourth-order valence-corrected chi connectivity index (χ4v) is 10.4. The Kier molecular flexibility index (Phi) is 6.48. The molecule has 1 unspecified atom stereocenters. The van der Waals surface area contributed by atoms with Crippen LogP contribution in [0.4, 0.5) is 8.78 Å². The number of halogens is 2. The molecule has 2 saturated heterocycles. The zero-order valence-corrected chi connectivity index (χ0v) is 24.4. The van der Waals surface area contributed by atoms with Crippen LogP contribution >= 0.6 is 11.8 Å². The molecule has 6 aliphatic rings. The van der Waals surface area contributed by atoms with Gasteiger partial charge in [-0.15, -0.1) is 11.8 Å². The molecule has 0 radical (unpaired) electrons. The number of ketones is 2. The van der Waals surface area contributed by atoms with Crippen LogP contribution in [0, 0.1) is 28.6 Å². The van der Waals surface area contributed by atoms with Crippen molar-refractivity contribution >= 4 is 29.3 Å². The molecule has 4 aliphatic carbocycles. The number of furan rings is 1. The Bertz CT molecular complexity index is 1380. The number of hydrogen-bond donors (Lipinski definition) is 1. The molecule has 0 aromatic carbocycles. The maximum Gasteiger partial charge on any atom is 0.319 e. The van der Waals surface area contributed by atoms with Gasteiger partial charge < -0.3 is 14.3 Å². The number of nitrogens with zero attached hydrogens (tertiary/aromatic N) is 1. The summed E-state index contributed by atoms with van der Waals surface area (Å²) in [6, 6.07) is 3.59. The lowest BCUT2D eigenvalue weighted by molar-refractivity contribution is -0.269. The van der Waals surface area contributed by atoms with Gasteiger partial charge in [0.05, 0.1) is 31.3 Å². The summed E-state index contributed by atoms with van der Waals surface area (Å²) in [6.07, 6.45) is 3.01. The molecule has 0 bridgehead atoms. The van der Waals surface area contributed by atoms with E-state index in [1.165, 1.54) is 30.0 Å². The topological polar surface area (TPSA) is 106 Å². The van der Waals surface area contributed by atoms with Gasteiger partial charge in [-0.3, -0.25) is 19.2 Å². The first-order valence-electron chi connectivity index (χ1n) is 14.7. The molecule has 2 aliphatic heterocycles. The number of aliphatic hydroxyl groups excluding tert-OH is 1. The van der Waals surface area contributed by atoms with Crippen molar-refractivity contribution in [1.82, 2.24) is 5.06 Å². The van der Waals surface area contributed by atoms with Crippen LogP contribution in [-0.4, -0.2) is 75.4 Å². The maximum atomic E-state index is 17.6. The number of rotatable bonds is 6. The third-order valence-corrected chi connectivity index (χ3v) is 12.6. The predicted octanol–water partition coefficient (Wildman–Crippen LogP) is 3.93. The minimum atomic E-state index is -2.23. The maximum absolute atomic E-state index is 17.6. The molecule has 0 spiro atoms. The summed E-state index contributed by atoms with van der Waals surface area (Å²) >= 11 is 1.23. The third kappa shape index (κ3) is 3.66. The number of aliphatic hydroxyl groups is 1. The average Bonchev–Trinajstić information content (AvgIpc) is 3.72. The molecule has 7 rings (SSSR count). The number of thioether (sulfide) groups is 1. The predicted molar refractivity (Wildman–Crippen MR) is 147 cm³/mol. The highest BCUT2D eigenvalue weighted by molar-refractivity contribution is 8.01. The number of ether oxygens (including phenoxy) is 1. The van der Waals surface area contributed by atoms with Crippen LogP contribution in [0.1, 0.15) is 45.3 Å². The van der Waals surface area contributed by atoms with Gasteiger partial charge >= 0.3 is 5.97 Å². The lowest BCUT2D eigenvalue weighted by atomic mass is 9.44. The molecule has 42 heavy (non-hydrogen) atoms. The van der Waals surface area contributed by atoms with E-state index in [4.69, 9.17) is 14.0 Å². The van der Waals surface area contributed by atoms with Crippen molar-refractivity contribution in [2.24, 2.45) is 28.6 Å². The minimum absolute atomic E-state index is 0.00408. The van der Waals surface area contributed by atoms with Crippen LogP contribution in [0.5, 0.6) is 0 Å². The molecular formula is C31H35F2NO7S. The van der Waals surface area contributed by atoms with E-state index in [0.29, 0.717) is 38.3 Å². The van der Waals surface area contributed by atoms with Crippen molar-refractivity contribution in [2.75, 3.05) is 18.9 Å². The quantitative estimate of drug-likeness (QED) is 0.484. The highest BCUT2D eigenvalue weighted by Gasteiger charge is 2.79. The molecule has 1 aromatic heterocycles. The summed E-state index contributed by atoms with van der Waals surface area (Å²) in [6.45, 7) is 4.45. The molecule has 11 heteroatoms. The van der Waals surface area contributed by atoms with Gasteiger partial charge in [0, 0.05) is 35.6 Å². The first-order valence-corrected chi connectivity index (χ1v) is 15.7. The van der Waals surface area contributed by atoms with E-state index in [9.17, 15) is 19.5 Å². The van der Waals surface area contributed by atoms with Crippen LogP contribution in [0.3, 0.4) is 0 Å². The van der Waals surface area contributed by atoms with Crippen molar-refractivity contribution in [2.45, 2.75) is 74.9 Å². The Morgan fingerprint density at radius 3 is 2.76 bits per heavy atom. The number of esters is 1. The second-order valence-electron chi connectivity index (χ2n) is 13.2. The van der Waals surface area contributed by atoms with E-state index in [-0.39, 0.29) is 41.8 Å². The van der Waals surface area contributed by atoms with Crippen molar-refractivity contribution in [3.8, 4) is 0 Å². The first kappa shape index (κ1) is 28.4. The molecule has 3 saturated carbocycles. The van der Waals surface area contributed by atoms with E-state index in [1.807, 2.05) is 13.0 Å². The molecule has 5 fully saturated rings. The number of fused-ring (bicyclic) bond motifs is 7. The van der Waals surface area contributed by atoms with Gasteiger partial charge in [0.1, 0.15) is 17.2 Å². The smallest absolute Gasteiger partial charge is 0.319 e. The second-order valence-corrected chi connectivity index (χ2v) is 14.4. The van der Waals surface area contributed by atoms with Crippen LogP contribution < -0.4 is 0 Å². The molecule has 10 atom stereocenters. The number of alkyl halides is 2. The average molecular weight is 604 g/mol. The molecular weight excluding hydrogens is 568 g/mol. The zero-order chi connectivity index (χ0) is 29.7. The van der Waals surface area contributed by atoms with Crippen LogP contribution in [0.25, 0.3) is 0 Å². The number of carbonyl (C=O) groups is 3. The number of Topliss-reactive ketones (excluding diaryl/α,β-unsaturated/α-hetero) is 1. The van der Waals surface area contributed by atoms with Crippen molar-refractivity contribution < 1.29 is 42.3 Å². The van der Waals surface area contributed by atoms with Gasteiger partial charge in [-0.05, 0) is 62.0 Å². The normalized spacial score (nSPS) is 46.1. The second kappa shape index (κ2) is 9.58. The van der Waals surface area contributed by atoms with Gasteiger partial charge in [-0.1, -0.05) is 13.0 Å². The monoisotopic (exact) mass is 603 g/mol. The lowest BCUT2D eigenvalue weighted by Crippen LogP contribution is -2.70. The molecule has 1 N–H and O–H groups in total. The zero-order valence-electron chi connectivity index (χ0n) is 23.6. The van der Waals surface area contributed by atoms with E-state index in [1.54, 1.807) is 24.3 Å². The molecule has 8 nitrogen and oxygen atoms in total. The number of cyclic esters (lactones) is 1. The van der Waals surface area contributed by atoms with Crippen molar-refractivity contribution in [3.05, 3.63) is 48.0 Å². The Morgan fingerprint density at radius 1 is 1.24 bits per heavy atom. The molecule has 1 aromatic rings. The molecule has 226 valence electrons. The van der Waals surface area contributed by atoms with E-state index in [0.717, 1.165) is 0 Å². The van der Waals surface area contributed by atoms with Gasteiger partial charge in [-0.25, -0.2) is 8.78 Å². The van der Waals surface area contributed by atoms with E-state index < -0.39 is 57.2 Å². The summed E-state index contributed by atoms with van der Waals surface area (Å²) in [5.74, 6) is -2.01. The fourth-order valence-electron chi connectivity index (χ4n) is 9.40. The Balaban J connectivity index is 1.26. The SMILES string of the molecule is C[C@]12C=CC(=O)C=C1[C@@H](F)C[C@H]1[C@@H]3C[C@H]4CN(Cc5ccco5)O[C@@]4(C(=O)CSC4CCOC4=O)[C@@]3(C)C[C@H](O)[C@@]12F. The number of hydrogen-bond acceptors (Lipinski definition) is 9. The highest BCUT2D eigenvalue weighted by atomic mass is 32.2. The summed E-state index contributed by atoms with van der Waals surface area (Å²) < 4.78 is 44.1. The third-order valence-electron chi connectivity index (χ3n) is 11.3. The molecule has 0 amide bonds. The van der Waals surface area contributed by atoms with Crippen LogP contribution in [-0.2, 0) is 30.5 Å². The summed E-state index contributed by atoms with van der Waals surface area (Å²) in [7, 11) is 0.